The third-order valence-corrected chi connectivity index (χ3v) is 0. The summed E-state index contributed by atoms with van der Waals surface area (Å²) in [6.07, 6.45) is 0. The van der Waals surface area contributed by atoms with Crippen LogP contribution in [0.5, 0.6) is 0 Å². The zero-order valence-electron chi connectivity index (χ0n) is 2.35. The average Bonchev–Trinajstić information content (AvgIpc) is 0. The van der Waals surface area contributed by atoms with Gasteiger partial charge in [-0.2, -0.15) is 0 Å². The van der Waals surface area contributed by atoms with Crippen LogP contribution >= 0.6 is 0 Å². The minimum atomic E-state index is 0. The molecule has 1 nitrogen and oxygen atoms in total. The van der Waals surface area contributed by atoms with Gasteiger partial charge < -0.3 is 0 Å². The van der Waals surface area contributed by atoms with E-state index in [2.05, 4.69) is 0 Å². The van der Waals surface area contributed by atoms with Gasteiger partial charge in [0.25, 0.3) is 0 Å². The van der Waals surface area contributed by atoms with Crippen molar-refractivity contribution in [3.05, 3.63) is 0 Å². The topological polar surface area (TPSA) is 30.5 Å². The predicted octanol–water partition coefficient (Wildman–Crippen LogP) is -1.63. The molecule has 0 aromatic rings. The van der Waals surface area contributed by atoms with E-state index in [0.29, 0.717) is 0 Å². The first-order valence-electron chi connectivity index (χ1n) is 0. The van der Waals surface area contributed by atoms with Gasteiger partial charge in [-0.3, -0.25) is 0 Å². The van der Waals surface area contributed by atoms with Crippen LogP contribution in [-0.4, -0.2) is 55.1 Å². The Hall–Kier alpha value is 2.21. The predicted molar refractivity (Wildman–Crippen MR) is 19.4 cm³/mol. The summed E-state index contributed by atoms with van der Waals surface area (Å²) >= 11 is 0. The summed E-state index contributed by atoms with van der Waals surface area (Å²) in [5.74, 6) is 0. The van der Waals surface area contributed by atoms with E-state index < -0.39 is 0 Å². The van der Waals surface area contributed by atoms with Crippen LogP contribution in [0.25, 0.3) is 0 Å². The van der Waals surface area contributed by atoms with E-state index >= 15 is 0 Å². The number of hydrogen-bond donors (Lipinski definition) is 0. The largest absolute Gasteiger partial charge is 0 e. The first-order chi connectivity index (χ1) is 0. The molecule has 27 valence electrons. The second-order valence-electron chi connectivity index (χ2n) is 0. The normalized spacial score (nSPS) is 0. The van der Waals surface area contributed by atoms with Gasteiger partial charge in [-0.1, -0.05) is 0 Å². The first-order valence-corrected chi connectivity index (χ1v) is 0. The van der Waals surface area contributed by atoms with E-state index in [9.17, 15) is 0 Å². The molecule has 0 aromatic carbocycles. The molecule has 13 radical (unpaired) electrons. The van der Waals surface area contributed by atoms with Gasteiger partial charge in [0, 0.05) is 78.3 Å². The van der Waals surface area contributed by atoms with E-state index in [1.54, 1.807) is 0 Å². The third kappa shape index (κ3) is 22.6. The van der Waals surface area contributed by atoms with Gasteiger partial charge in [0.1, 0.15) is 0 Å². The summed E-state index contributed by atoms with van der Waals surface area (Å²) in [5, 5.41) is 0. The van der Waals surface area contributed by atoms with Crippen molar-refractivity contribution in [2.24, 2.45) is 0 Å². The zero-order chi connectivity index (χ0) is 0. The molecule has 5 heavy (non-hydrogen) atoms. The van der Waals surface area contributed by atoms with Crippen molar-refractivity contribution in [1.29, 1.82) is 0 Å². The maximum atomic E-state index is 0. The van der Waals surface area contributed by atoms with Crippen LogP contribution in [0.4, 0.5) is 0 Å². The first kappa shape index (κ1) is 57.0. The minimum Gasteiger partial charge on any atom is 0 e. The molecule has 0 amide bonds. The molecule has 0 rings (SSSR count). The molecule has 0 fully saturated rings. The molecule has 0 aromatic heterocycles. The number of nitrogens with zero attached hydrogens (tertiary/aromatic N) is 1. The molecule has 0 spiro atoms. The molecule has 0 unspecified atom stereocenters. The second-order valence-corrected chi connectivity index (χ2v) is 0. The smallest absolute Gasteiger partial charge is 0 e. The Morgan fingerprint density at radius 1 is 1.00 bits per heavy atom. The van der Waals surface area contributed by atoms with E-state index in [4.69, 9.17) is 0 Å². The molecule has 0 saturated carbocycles. The van der Waals surface area contributed by atoms with Crippen LogP contribution in [0.1, 0.15) is 0 Å². The Bertz CT molecular complexity index is 11.6. The van der Waals surface area contributed by atoms with Crippen molar-refractivity contribution in [3.8, 4) is 0 Å². The minimum absolute atomic E-state index is 0. The van der Waals surface area contributed by atoms with Gasteiger partial charge in [-0.25, -0.2) is 0 Å². The van der Waals surface area contributed by atoms with Crippen LogP contribution in [0, 0.1) is 0 Å². The molecule has 0 atom stereocenters. The van der Waals surface area contributed by atoms with Crippen molar-refractivity contribution < 1.29 is 17.1 Å². The molecule has 0 N–H and O–H groups in total. The fourth-order valence-electron chi connectivity index (χ4n) is 0. The van der Waals surface area contributed by atoms with Gasteiger partial charge >= 0.3 is 0 Å². The van der Waals surface area contributed by atoms with Crippen molar-refractivity contribution >= 4 is 55.1 Å². The summed E-state index contributed by atoms with van der Waals surface area (Å²) in [6, 6.07) is 0. The summed E-state index contributed by atoms with van der Waals surface area (Å²) in [6.45, 7) is 0. The van der Waals surface area contributed by atoms with E-state index in [0.717, 1.165) is 0 Å². The van der Waals surface area contributed by atoms with E-state index in [1.807, 2.05) is 0 Å². The molecule has 0 aliphatic carbocycles. The molecular formula is AlAsCuGaN. The monoisotopic (exact) mass is 248 g/mol. The molecule has 0 saturated heterocycles. The van der Waals surface area contributed by atoms with Crippen LogP contribution in [0.3, 0.4) is 0 Å². The molecule has 0 aliphatic rings. The quantitative estimate of drug-likeness (QED) is 0.462. The van der Waals surface area contributed by atoms with Gasteiger partial charge in [0.05, 0.1) is 0 Å². The van der Waals surface area contributed by atoms with E-state index in [1.165, 1.54) is 0 Å². The maximum absolute atomic E-state index is 0. The van der Waals surface area contributed by atoms with Crippen molar-refractivity contribution in [2.45, 2.75) is 0 Å². The molecule has 0 aliphatic heterocycles. The Morgan fingerprint density at radius 2 is 1.00 bits per heavy atom. The summed E-state index contributed by atoms with van der Waals surface area (Å²) in [7, 11) is 0. The molecule has 0 bridgehead atoms. The van der Waals surface area contributed by atoms with Crippen molar-refractivity contribution in [3.63, 3.8) is 0 Å². The van der Waals surface area contributed by atoms with Gasteiger partial charge in [0.15, 0.2) is 0 Å². The summed E-state index contributed by atoms with van der Waals surface area (Å²) in [5.41, 5.74) is 0. The van der Waals surface area contributed by atoms with Crippen LogP contribution < -0.4 is 6.15 Å². The second kappa shape index (κ2) is 34.6. The zero-order valence-corrected chi connectivity index (χ0v) is 8.75. The molecule has 5 heteroatoms. The Kier molecular flexibility index (Phi) is 394. The van der Waals surface area contributed by atoms with Crippen molar-refractivity contribution in [1.82, 2.24) is 6.15 Å². The molecule has 0 heterocycles. The number of rotatable bonds is 0. The van der Waals surface area contributed by atoms with Crippen LogP contribution in [-0.2, 0) is 17.1 Å². The van der Waals surface area contributed by atoms with Crippen LogP contribution in [0.2, 0.25) is 0 Å². The van der Waals surface area contributed by atoms with Gasteiger partial charge in [-0.15, -0.1) is 0 Å². The third-order valence-electron chi connectivity index (χ3n) is 0. The standard InChI is InChI=1S/Al.As.Cu.Ga.N. The Balaban J connectivity index is 0. The average molecular weight is 249 g/mol. The van der Waals surface area contributed by atoms with E-state index in [-0.39, 0.29) is 78.3 Å². The summed E-state index contributed by atoms with van der Waals surface area (Å²) in [4.78, 5) is 0. The van der Waals surface area contributed by atoms with Crippen molar-refractivity contribution in [2.75, 3.05) is 0 Å². The van der Waals surface area contributed by atoms with Crippen LogP contribution in [0.15, 0.2) is 0 Å². The fourth-order valence-corrected chi connectivity index (χ4v) is 0. The van der Waals surface area contributed by atoms with Gasteiger partial charge in [-0.05, 0) is 0 Å². The Morgan fingerprint density at radius 3 is 1.00 bits per heavy atom. The summed E-state index contributed by atoms with van der Waals surface area (Å²) < 4.78 is 0. The molecular weight excluding hydrogens is 249 g/mol. The fraction of sp³-hybridized carbons (Fsp3) is 0. The van der Waals surface area contributed by atoms with Gasteiger partial charge in [0.2, 0.25) is 0 Å². The number of hydrogen-bond acceptors (Lipinski definition) is 0. The maximum Gasteiger partial charge on any atom is 0 e. The Labute approximate surface area is 77.6 Å². The SMILES string of the molecule is [Al].[As].[Cu].[Ga].[N].